The van der Waals surface area contributed by atoms with Crippen LogP contribution in [-0.2, 0) is 16.2 Å². The monoisotopic (exact) mass is 614 g/mol. The number of benzene rings is 3. The number of barbiturate groups is 1. The topological polar surface area (TPSA) is 94.2 Å². The smallest absolute Gasteiger partial charge is 0.335 e. The third-order valence-electron chi connectivity index (χ3n) is 5.33. The molecule has 36 heavy (non-hydrogen) atoms. The number of urea groups is 1. The second kappa shape index (κ2) is 11.0. The summed E-state index contributed by atoms with van der Waals surface area (Å²) in [6.07, 6.45) is 1.40. The number of rotatable bonds is 7. The maximum atomic E-state index is 13.1. The summed E-state index contributed by atoms with van der Waals surface area (Å²) in [5.41, 5.74) is 1.57. The lowest BCUT2D eigenvalue weighted by atomic mass is 10.1. The lowest BCUT2D eigenvalue weighted by Crippen LogP contribution is -2.54. The second-order valence-electron chi connectivity index (χ2n) is 7.59. The SMILES string of the molecule is COc1ccc(N2C(=O)NC(=O)/C(=C\c3ccc(OCc4ccc(Br)cc4Br)c(OC)c3)C2=O)cc1. The van der Waals surface area contributed by atoms with Gasteiger partial charge in [0, 0.05) is 14.5 Å². The molecule has 0 saturated carbocycles. The van der Waals surface area contributed by atoms with Crippen LogP contribution in [0.5, 0.6) is 17.2 Å². The molecule has 1 saturated heterocycles. The van der Waals surface area contributed by atoms with Gasteiger partial charge in [-0.2, -0.15) is 0 Å². The van der Waals surface area contributed by atoms with E-state index in [0.717, 1.165) is 19.4 Å². The first-order valence-corrected chi connectivity index (χ1v) is 12.2. The van der Waals surface area contributed by atoms with Gasteiger partial charge in [-0.05, 0) is 60.2 Å². The van der Waals surface area contributed by atoms with Crippen molar-refractivity contribution < 1.29 is 28.6 Å². The van der Waals surface area contributed by atoms with Gasteiger partial charge < -0.3 is 14.2 Å². The normalized spacial score (nSPS) is 14.6. The number of carbonyl (C=O) groups is 3. The molecule has 3 aromatic rings. The quantitative estimate of drug-likeness (QED) is 0.280. The van der Waals surface area contributed by atoms with E-state index in [0.29, 0.717) is 35.1 Å². The largest absolute Gasteiger partial charge is 0.497 e. The van der Waals surface area contributed by atoms with E-state index in [4.69, 9.17) is 14.2 Å². The van der Waals surface area contributed by atoms with Crippen molar-refractivity contribution in [1.82, 2.24) is 5.32 Å². The zero-order valence-corrected chi connectivity index (χ0v) is 22.4. The highest BCUT2D eigenvalue weighted by molar-refractivity contribution is 9.11. The van der Waals surface area contributed by atoms with Crippen LogP contribution in [0.25, 0.3) is 6.08 Å². The van der Waals surface area contributed by atoms with E-state index in [2.05, 4.69) is 37.2 Å². The van der Waals surface area contributed by atoms with Gasteiger partial charge in [-0.3, -0.25) is 14.9 Å². The molecular weight excluding hydrogens is 596 g/mol. The van der Waals surface area contributed by atoms with Crippen LogP contribution in [0.4, 0.5) is 10.5 Å². The van der Waals surface area contributed by atoms with E-state index in [1.165, 1.54) is 20.3 Å². The van der Waals surface area contributed by atoms with Gasteiger partial charge in [0.05, 0.1) is 19.9 Å². The van der Waals surface area contributed by atoms with E-state index in [9.17, 15) is 14.4 Å². The van der Waals surface area contributed by atoms with E-state index >= 15 is 0 Å². The summed E-state index contributed by atoms with van der Waals surface area (Å²) in [5.74, 6) is -0.0481. The van der Waals surface area contributed by atoms with E-state index in [1.807, 2.05) is 18.2 Å². The van der Waals surface area contributed by atoms with E-state index in [1.54, 1.807) is 42.5 Å². The summed E-state index contributed by atoms with van der Waals surface area (Å²) in [6.45, 7) is 0.296. The molecule has 0 spiro atoms. The van der Waals surface area contributed by atoms with Crippen LogP contribution >= 0.6 is 31.9 Å². The third kappa shape index (κ3) is 5.44. The number of halogens is 2. The summed E-state index contributed by atoms with van der Waals surface area (Å²) < 4.78 is 18.4. The van der Waals surface area contributed by atoms with Crippen LogP contribution < -0.4 is 24.4 Å². The second-order valence-corrected chi connectivity index (χ2v) is 9.36. The fourth-order valence-corrected chi connectivity index (χ4v) is 4.64. The number of hydrogen-bond donors (Lipinski definition) is 1. The molecule has 0 radical (unpaired) electrons. The predicted molar refractivity (Wildman–Crippen MR) is 141 cm³/mol. The minimum absolute atomic E-state index is 0.195. The number of carbonyl (C=O) groups excluding carboxylic acids is 3. The Hall–Kier alpha value is -3.63. The molecule has 8 nitrogen and oxygen atoms in total. The highest BCUT2D eigenvalue weighted by atomic mass is 79.9. The lowest BCUT2D eigenvalue weighted by molar-refractivity contribution is -0.122. The van der Waals surface area contributed by atoms with Crippen molar-refractivity contribution in [3.8, 4) is 17.2 Å². The summed E-state index contributed by atoms with van der Waals surface area (Å²) in [7, 11) is 3.01. The highest BCUT2D eigenvalue weighted by Gasteiger charge is 2.36. The Kier molecular flexibility index (Phi) is 7.76. The molecule has 0 atom stereocenters. The maximum absolute atomic E-state index is 13.1. The molecule has 1 heterocycles. The standard InChI is InChI=1S/C26H20Br2N2O6/c1-34-19-8-6-18(7-9-19)30-25(32)20(24(31)29-26(30)33)11-15-3-10-22(23(12-15)35-2)36-14-16-4-5-17(27)13-21(16)28/h3-13H,14H2,1-2H3,(H,29,31,33)/b20-11+. The van der Waals surface area contributed by atoms with Crippen LogP contribution in [0.1, 0.15) is 11.1 Å². The minimum Gasteiger partial charge on any atom is -0.497 e. The number of nitrogens with zero attached hydrogens (tertiary/aromatic N) is 1. The van der Waals surface area contributed by atoms with Gasteiger partial charge >= 0.3 is 6.03 Å². The third-order valence-corrected chi connectivity index (χ3v) is 6.56. The molecule has 0 aromatic heterocycles. The Morgan fingerprint density at radius 2 is 1.64 bits per heavy atom. The summed E-state index contributed by atoms with van der Waals surface area (Å²) in [5, 5.41) is 2.21. The molecule has 1 aliphatic heterocycles. The summed E-state index contributed by atoms with van der Waals surface area (Å²) >= 11 is 6.94. The van der Waals surface area contributed by atoms with Gasteiger partial charge in [0.15, 0.2) is 11.5 Å². The molecule has 1 aliphatic rings. The van der Waals surface area contributed by atoms with Crippen molar-refractivity contribution in [3.63, 3.8) is 0 Å². The number of methoxy groups -OCH3 is 2. The fourth-order valence-electron chi connectivity index (χ4n) is 3.48. The van der Waals surface area contributed by atoms with Crippen molar-refractivity contribution in [1.29, 1.82) is 0 Å². The highest BCUT2D eigenvalue weighted by Crippen LogP contribution is 2.32. The summed E-state index contributed by atoms with van der Waals surface area (Å²) in [4.78, 5) is 38.9. The van der Waals surface area contributed by atoms with Crippen LogP contribution in [-0.4, -0.2) is 32.1 Å². The minimum atomic E-state index is -0.826. The van der Waals surface area contributed by atoms with Crippen molar-refractivity contribution >= 4 is 61.5 Å². The maximum Gasteiger partial charge on any atom is 0.335 e. The summed E-state index contributed by atoms with van der Waals surface area (Å²) in [6, 6.07) is 16.3. The van der Waals surface area contributed by atoms with Gasteiger partial charge in [0.1, 0.15) is 17.9 Å². The van der Waals surface area contributed by atoms with Crippen molar-refractivity contribution in [2.75, 3.05) is 19.1 Å². The first-order valence-electron chi connectivity index (χ1n) is 10.6. The fraction of sp³-hybridized carbons (Fsp3) is 0.115. The van der Waals surface area contributed by atoms with Crippen molar-refractivity contribution in [2.24, 2.45) is 0 Å². The Labute approximate surface area is 224 Å². The molecule has 10 heteroatoms. The van der Waals surface area contributed by atoms with Gasteiger partial charge in [-0.25, -0.2) is 9.69 Å². The average molecular weight is 616 g/mol. The Balaban J connectivity index is 1.58. The molecule has 4 amide bonds. The first-order chi connectivity index (χ1) is 17.3. The number of amides is 4. The molecule has 1 fully saturated rings. The number of nitrogens with one attached hydrogen (secondary N) is 1. The molecule has 0 bridgehead atoms. The molecule has 184 valence electrons. The van der Waals surface area contributed by atoms with E-state index in [-0.39, 0.29) is 5.57 Å². The lowest BCUT2D eigenvalue weighted by Gasteiger charge is -2.26. The van der Waals surface area contributed by atoms with Crippen LogP contribution in [0.2, 0.25) is 0 Å². The van der Waals surface area contributed by atoms with Crippen LogP contribution in [0.3, 0.4) is 0 Å². The average Bonchev–Trinajstić information content (AvgIpc) is 2.86. The van der Waals surface area contributed by atoms with Gasteiger partial charge in [-0.1, -0.05) is 44.0 Å². The Morgan fingerprint density at radius 1 is 0.889 bits per heavy atom. The molecule has 0 unspecified atom stereocenters. The van der Waals surface area contributed by atoms with Crippen molar-refractivity contribution in [3.05, 3.63) is 86.3 Å². The number of ether oxygens (including phenoxy) is 3. The number of anilines is 1. The van der Waals surface area contributed by atoms with Crippen molar-refractivity contribution in [2.45, 2.75) is 6.61 Å². The first kappa shape index (κ1) is 25.5. The van der Waals surface area contributed by atoms with Gasteiger partial charge in [-0.15, -0.1) is 0 Å². The number of hydrogen-bond acceptors (Lipinski definition) is 6. The predicted octanol–water partition coefficient (Wildman–Crippen LogP) is 5.47. The zero-order chi connectivity index (χ0) is 25.8. The van der Waals surface area contributed by atoms with E-state index < -0.39 is 17.8 Å². The van der Waals surface area contributed by atoms with Crippen LogP contribution in [0, 0.1) is 0 Å². The molecular formula is C26H20Br2N2O6. The Morgan fingerprint density at radius 3 is 2.31 bits per heavy atom. The zero-order valence-electron chi connectivity index (χ0n) is 19.2. The molecule has 0 aliphatic carbocycles. The molecule has 3 aromatic carbocycles. The van der Waals surface area contributed by atoms with Gasteiger partial charge in [0.25, 0.3) is 11.8 Å². The van der Waals surface area contributed by atoms with Gasteiger partial charge in [0.2, 0.25) is 0 Å². The Bertz CT molecular complexity index is 1370. The molecule has 4 rings (SSSR count). The number of imide groups is 2. The van der Waals surface area contributed by atoms with Crippen LogP contribution in [0.15, 0.2) is 75.2 Å². The molecule has 1 N–H and O–H groups in total.